The molecule has 0 spiro atoms. The highest BCUT2D eigenvalue weighted by Crippen LogP contribution is 2.16. The molecule has 0 amide bonds. The van der Waals surface area contributed by atoms with Crippen LogP contribution in [0.1, 0.15) is 32.4 Å². The monoisotopic (exact) mass is 281 g/mol. The highest BCUT2D eigenvalue weighted by molar-refractivity contribution is 6.30. The van der Waals surface area contributed by atoms with Crippen molar-refractivity contribution in [1.29, 1.82) is 0 Å². The summed E-state index contributed by atoms with van der Waals surface area (Å²) in [6, 6.07) is 3.72. The molecular formula is C14H20ClN3O. The van der Waals surface area contributed by atoms with E-state index in [-0.39, 0.29) is 12.1 Å². The highest BCUT2D eigenvalue weighted by atomic mass is 35.5. The molecule has 2 heterocycles. The summed E-state index contributed by atoms with van der Waals surface area (Å²) in [5.74, 6) is 0. The summed E-state index contributed by atoms with van der Waals surface area (Å²) < 4.78 is 1.91. The number of aliphatic hydroxyl groups is 1. The van der Waals surface area contributed by atoms with Gasteiger partial charge in [0.1, 0.15) is 5.65 Å². The molecule has 0 aliphatic carbocycles. The molecule has 4 nitrogen and oxygen atoms in total. The van der Waals surface area contributed by atoms with Gasteiger partial charge in [-0.3, -0.25) is 0 Å². The Bertz CT molecular complexity index is 540. The SMILES string of the molecule is CCC(CC)(CO)NCc1cn2cc(Cl)ccc2n1. The Morgan fingerprint density at radius 2 is 2.05 bits per heavy atom. The van der Waals surface area contributed by atoms with Crippen molar-refractivity contribution in [2.24, 2.45) is 0 Å². The molecule has 5 heteroatoms. The zero-order valence-corrected chi connectivity index (χ0v) is 12.1. The van der Waals surface area contributed by atoms with E-state index in [1.165, 1.54) is 0 Å². The van der Waals surface area contributed by atoms with Gasteiger partial charge < -0.3 is 14.8 Å². The maximum absolute atomic E-state index is 9.53. The largest absolute Gasteiger partial charge is 0.394 e. The normalized spacial score (nSPS) is 12.2. The van der Waals surface area contributed by atoms with Gasteiger partial charge in [-0.15, -0.1) is 0 Å². The van der Waals surface area contributed by atoms with Crippen LogP contribution in [0.15, 0.2) is 24.5 Å². The molecule has 2 aromatic heterocycles. The summed E-state index contributed by atoms with van der Waals surface area (Å²) in [5, 5.41) is 13.6. The van der Waals surface area contributed by atoms with E-state index in [0.29, 0.717) is 11.6 Å². The summed E-state index contributed by atoms with van der Waals surface area (Å²) in [7, 11) is 0. The van der Waals surface area contributed by atoms with Gasteiger partial charge in [-0.1, -0.05) is 25.4 Å². The zero-order chi connectivity index (χ0) is 13.9. The Labute approximate surface area is 118 Å². The molecule has 0 aliphatic rings. The third-order valence-electron chi connectivity index (χ3n) is 3.77. The molecule has 104 valence electrons. The summed E-state index contributed by atoms with van der Waals surface area (Å²) in [6.07, 6.45) is 5.58. The predicted molar refractivity (Wildman–Crippen MR) is 77.4 cm³/mol. The molecule has 0 bridgehead atoms. The molecule has 19 heavy (non-hydrogen) atoms. The number of hydrogen-bond donors (Lipinski definition) is 2. The topological polar surface area (TPSA) is 49.6 Å². The minimum Gasteiger partial charge on any atom is -0.394 e. The minimum atomic E-state index is -0.215. The first-order valence-corrected chi connectivity index (χ1v) is 6.99. The quantitative estimate of drug-likeness (QED) is 0.856. The van der Waals surface area contributed by atoms with Crippen LogP contribution in [0.5, 0.6) is 0 Å². The average molecular weight is 282 g/mol. The Morgan fingerprint density at radius 1 is 1.32 bits per heavy atom. The van der Waals surface area contributed by atoms with Crippen molar-refractivity contribution in [2.75, 3.05) is 6.61 Å². The van der Waals surface area contributed by atoms with Crippen molar-refractivity contribution >= 4 is 17.2 Å². The lowest BCUT2D eigenvalue weighted by Crippen LogP contribution is -2.47. The lowest BCUT2D eigenvalue weighted by molar-refractivity contribution is 0.149. The average Bonchev–Trinajstić information content (AvgIpc) is 2.83. The van der Waals surface area contributed by atoms with Gasteiger partial charge in [0.05, 0.1) is 17.3 Å². The molecule has 2 rings (SSSR count). The highest BCUT2D eigenvalue weighted by Gasteiger charge is 2.24. The van der Waals surface area contributed by atoms with E-state index in [0.717, 1.165) is 24.2 Å². The van der Waals surface area contributed by atoms with Crippen molar-refractivity contribution in [1.82, 2.24) is 14.7 Å². The first-order chi connectivity index (χ1) is 9.12. The molecule has 2 aromatic rings. The van der Waals surface area contributed by atoms with E-state index >= 15 is 0 Å². The third kappa shape index (κ3) is 3.08. The fourth-order valence-corrected chi connectivity index (χ4v) is 2.33. The van der Waals surface area contributed by atoms with Crippen molar-refractivity contribution < 1.29 is 5.11 Å². The third-order valence-corrected chi connectivity index (χ3v) is 3.99. The smallest absolute Gasteiger partial charge is 0.137 e. The first kappa shape index (κ1) is 14.3. The maximum atomic E-state index is 9.53. The van der Waals surface area contributed by atoms with Gasteiger partial charge in [-0.25, -0.2) is 4.98 Å². The van der Waals surface area contributed by atoms with Crippen molar-refractivity contribution in [3.05, 3.63) is 35.2 Å². The predicted octanol–water partition coefficient (Wildman–Crippen LogP) is 2.63. The summed E-state index contributed by atoms with van der Waals surface area (Å²) in [5.41, 5.74) is 1.61. The fraction of sp³-hybridized carbons (Fsp3) is 0.500. The van der Waals surface area contributed by atoms with Crippen LogP contribution >= 0.6 is 11.6 Å². The van der Waals surface area contributed by atoms with Crippen molar-refractivity contribution in [2.45, 2.75) is 38.8 Å². The van der Waals surface area contributed by atoms with Crippen LogP contribution < -0.4 is 5.32 Å². The van der Waals surface area contributed by atoms with Crippen LogP contribution in [0.25, 0.3) is 5.65 Å². The maximum Gasteiger partial charge on any atom is 0.137 e. The van der Waals surface area contributed by atoms with E-state index in [4.69, 9.17) is 11.6 Å². The lowest BCUT2D eigenvalue weighted by Gasteiger charge is -2.30. The molecular weight excluding hydrogens is 262 g/mol. The van der Waals surface area contributed by atoms with E-state index in [2.05, 4.69) is 24.1 Å². The number of pyridine rings is 1. The second kappa shape index (κ2) is 5.90. The molecule has 2 N–H and O–H groups in total. The van der Waals surface area contributed by atoms with E-state index in [9.17, 15) is 5.11 Å². The van der Waals surface area contributed by atoms with Gasteiger partial charge in [-0.2, -0.15) is 0 Å². The van der Waals surface area contributed by atoms with Gasteiger partial charge in [0.25, 0.3) is 0 Å². The summed E-state index contributed by atoms with van der Waals surface area (Å²) >= 11 is 5.95. The fourth-order valence-electron chi connectivity index (χ4n) is 2.16. The number of nitrogens with one attached hydrogen (secondary N) is 1. The summed E-state index contributed by atoms with van der Waals surface area (Å²) in [6.45, 7) is 4.94. The Balaban J connectivity index is 2.13. The van der Waals surface area contributed by atoms with Crippen LogP contribution in [0.3, 0.4) is 0 Å². The molecule has 0 atom stereocenters. The van der Waals surface area contributed by atoms with Gasteiger partial charge >= 0.3 is 0 Å². The minimum absolute atomic E-state index is 0.138. The number of aromatic nitrogens is 2. The molecule has 0 unspecified atom stereocenters. The van der Waals surface area contributed by atoms with Gasteiger partial charge in [0, 0.05) is 24.5 Å². The van der Waals surface area contributed by atoms with Crippen LogP contribution in [0.4, 0.5) is 0 Å². The lowest BCUT2D eigenvalue weighted by atomic mass is 9.94. The number of imidazole rings is 1. The standard InChI is InChI=1S/C14H20ClN3O/c1-3-14(4-2,10-19)16-7-12-9-18-8-11(15)5-6-13(18)17-12/h5-6,8-9,16,19H,3-4,7,10H2,1-2H3. The number of hydrogen-bond acceptors (Lipinski definition) is 3. The van der Waals surface area contributed by atoms with Gasteiger partial charge in [0.15, 0.2) is 0 Å². The second-order valence-electron chi connectivity index (χ2n) is 4.84. The molecule has 0 aromatic carbocycles. The second-order valence-corrected chi connectivity index (χ2v) is 5.28. The van der Waals surface area contributed by atoms with Crippen LogP contribution in [-0.2, 0) is 6.54 Å². The first-order valence-electron chi connectivity index (χ1n) is 6.61. The van der Waals surface area contributed by atoms with Gasteiger partial charge in [-0.05, 0) is 25.0 Å². The van der Waals surface area contributed by atoms with E-state index in [1.54, 1.807) is 0 Å². The van der Waals surface area contributed by atoms with Crippen molar-refractivity contribution in [3.63, 3.8) is 0 Å². The number of halogens is 1. The van der Waals surface area contributed by atoms with Crippen LogP contribution in [0, 0.1) is 0 Å². The molecule has 0 fully saturated rings. The van der Waals surface area contributed by atoms with Crippen LogP contribution in [-0.4, -0.2) is 26.6 Å². The molecule has 0 saturated carbocycles. The number of aliphatic hydroxyl groups excluding tert-OH is 1. The number of nitrogens with zero attached hydrogens (tertiary/aromatic N) is 2. The zero-order valence-electron chi connectivity index (χ0n) is 11.4. The Morgan fingerprint density at radius 3 is 2.68 bits per heavy atom. The van der Waals surface area contributed by atoms with Crippen LogP contribution in [0.2, 0.25) is 5.02 Å². The Kier molecular flexibility index (Phi) is 4.45. The number of rotatable bonds is 6. The van der Waals surface area contributed by atoms with E-state index < -0.39 is 0 Å². The molecule has 0 saturated heterocycles. The van der Waals surface area contributed by atoms with E-state index in [1.807, 2.05) is 28.9 Å². The number of fused-ring (bicyclic) bond motifs is 1. The molecule has 0 radical (unpaired) electrons. The summed E-state index contributed by atoms with van der Waals surface area (Å²) in [4.78, 5) is 4.52. The Hall–Kier alpha value is -1.10. The van der Waals surface area contributed by atoms with Gasteiger partial charge in [0.2, 0.25) is 0 Å². The van der Waals surface area contributed by atoms with Crippen molar-refractivity contribution in [3.8, 4) is 0 Å². The molecule has 0 aliphatic heterocycles.